The van der Waals surface area contributed by atoms with Crippen molar-refractivity contribution in [2.45, 2.75) is 69.4 Å². The molecular weight excluding hydrogens is 184 g/mol. The highest BCUT2D eigenvalue weighted by Crippen LogP contribution is 2.30. The van der Waals surface area contributed by atoms with Crippen molar-refractivity contribution >= 4 is 0 Å². The van der Waals surface area contributed by atoms with Crippen molar-refractivity contribution in [3.63, 3.8) is 0 Å². The van der Waals surface area contributed by atoms with E-state index in [2.05, 4.69) is 11.9 Å². The second kappa shape index (κ2) is 4.84. The van der Waals surface area contributed by atoms with Crippen molar-refractivity contribution in [2.75, 3.05) is 13.6 Å². The van der Waals surface area contributed by atoms with Gasteiger partial charge in [-0.05, 0) is 45.7 Å². The summed E-state index contributed by atoms with van der Waals surface area (Å²) in [6.07, 6.45) is 12.1. The summed E-state index contributed by atoms with van der Waals surface area (Å²) in [7, 11) is 2.27. The standard InChI is InChI=1S/C13H26N2/c1-15(12-6-5-7-12)11-10-13(14)8-3-2-4-9-13/h12H,2-11,14H2,1H3. The molecule has 2 saturated carbocycles. The third kappa shape index (κ3) is 2.94. The molecule has 0 spiro atoms. The highest BCUT2D eigenvalue weighted by atomic mass is 15.1. The highest BCUT2D eigenvalue weighted by molar-refractivity contribution is 4.89. The van der Waals surface area contributed by atoms with Crippen LogP contribution in [0.25, 0.3) is 0 Å². The van der Waals surface area contributed by atoms with Crippen molar-refractivity contribution in [3.05, 3.63) is 0 Å². The third-order valence-electron chi connectivity index (χ3n) is 4.51. The van der Waals surface area contributed by atoms with E-state index in [1.165, 1.54) is 64.3 Å². The Kier molecular flexibility index (Phi) is 3.68. The highest BCUT2D eigenvalue weighted by Gasteiger charge is 2.29. The first-order valence-electron chi connectivity index (χ1n) is 6.69. The van der Waals surface area contributed by atoms with Gasteiger partial charge < -0.3 is 10.6 Å². The number of hydrogen-bond donors (Lipinski definition) is 1. The first-order valence-corrected chi connectivity index (χ1v) is 6.69. The fourth-order valence-corrected chi connectivity index (χ4v) is 2.91. The van der Waals surface area contributed by atoms with Gasteiger partial charge in [0.05, 0.1) is 0 Å². The van der Waals surface area contributed by atoms with Crippen LogP contribution in [0.5, 0.6) is 0 Å². The SMILES string of the molecule is CN(CCC1(N)CCCCC1)C1CCC1. The van der Waals surface area contributed by atoms with Gasteiger partial charge in [-0.15, -0.1) is 0 Å². The second-order valence-corrected chi connectivity index (χ2v) is 5.74. The van der Waals surface area contributed by atoms with Gasteiger partial charge in [0, 0.05) is 11.6 Å². The molecule has 0 aromatic rings. The van der Waals surface area contributed by atoms with Crippen molar-refractivity contribution in [1.29, 1.82) is 0 Å². The molecule has 0 saturated heterocycles. The van der Waals surface area contributed by atoms with Crippen LogP contribution in [0.4, 0.5) is 0 Å². The average Bonchev–Trinajstić information content (AvgIpc) is 2.14. The molecule has 2 aliphatic carbocycles. The van der Waals surface area contributed by atoms with Gasteiger partial charge in [-0.1, -0.05) is 25.7 Å². The largest absolute Gasteiger partial charge is 0.325 e. The molecule has 0 heterocycles. The van der Waals surface area contributed by atoms with E-state index in [-0.39, 0.29) is 5.54 Å². The molecule has 2 aliphatic rings. The minimum Gasteiger partial charge on any atom is -0.325 e. The van der Waals surface area contributed by atoms with E-state index in [4.69, 9.17) is 5.73 Å². The fourth-order valence-electron chi connectivity index (χ4n) is 2.91. The molecule has 2 heteroatoms. The van der Waals surface area contributed by atoms with E-state index in [1.54, 1.807) is 0 Å². The van der Waals surface area contributed by atoms with Crippen LogP contribution in [0, 0.1) is 0 Å². The summed E-state index contributed by atoms with van der Waals surface area (Å²) in [4.78, 5) is 2.53. The van der Waals surface area contributed by atoms with Gasteiger partial charge in [0.2, 0.25) is 0 Å². The lowest BCUT2D eigenvalue weighted by molar-refractivity contribution is 0.138. The molecule has 0 aliphatic heterocycles. The van der Waals surface area contributed by atoms with Crippen molar-refractivity contribution in [1.82, 2.24) is 4.90 Å². The van der Waals surface area contributed by atoms with Crippen LogP contribution in [0.1, 0.15) is 57.8 Å². The monoisotopic (exact) mass is 210 g/mol. The number of nitrogens with zero attached hydrogens (tertiary/aromatic N) is 1. The van der Waals surface area contributed by atoms with Gasteiger partial charge in [0.1, 0.15) is 0 Å². The van der Waals surface area contributed by atoms with E-state index >= 15 is 0 Å². The summed E-state index contributed by atoms with van der Waals surface area (Å²) < 4.78 is 0. The molecule has 2 N–H and O–H groups in total. The van der Waals surface area contributed by atoms with E-state index in [0.717, 1.165) is 6.04 Å². The lowest BCUT2D eigenvalue weighted by Gasteiger charge is -2.39. The molecule has 0 bridgehead atoms. The topological polar surface area (TPSA) is 29.3 Å². The molecule has 0 atom stereocenters. The van der Waals surface area contributed by atoms with E-state index in [0.29, 0.717) is 0 Å². The van der Waals surface area contributed by atoms with Gasteiger partial charge >= 0.3 is 0 Å². The van der Waals surface area contributed by atoms with Crippen LogP contribution in [-0.4, -0.2) is 30.1 Å². The molecule has 0 radical (unpaired) electrons. The molecule has 0 aromatic carbocycles. The number of rotatable bonds is 4. The zero-order valence-corrected chi connectivity index (χ0v) is 10.2. The van der Waals surface area contributed by atoms with Crippen molar-refractivity contribution < 1.29 is 0 Å². The zero-order chi connectivity index (χ0) is 10.7. The molecule has 0 amide bonds. The van der Waals surface area contributed by atoms with Crippen LogP contribution in [0.15, 0.2) is 0 Å². The predicted octanol–water partition coefficient (Wildman–Crippen LogP) is 2.52. The van der Waals surface area contributed by atoms with Crippen LogP contribution in [-0.2, 0) is 0 Å². The van der Waals surface area contributed by atoms with Gasteiger partial charge in [0.25, 0.3) is 0 Å². The summed E-state index contributed by atoms with van der Waals surface area (Å²) in [6, 6.07) is 0.872. The van der Waals surface area contributed by atoms with Gasteiger partial charge in [-0.25, -0.2) is 0 Å². The molecule has 0 aromatic heterocycles. The maximum absolute atomic E-state index is 6.44. The van der Waals surface area contributed by atoms with E-state index in [9.17, 15) is 0 Å². The lowest BCUT2D eigenvalue weighted by atomic mass is 9.80. The summed E-state index contributed by atoms with van der Waals surface area (Å²) >= 11 is 0. The molecule has 2 rings (SSSR count). The molecule has 0 unspecified atom stereocenters. The average molecular weight is 210 g/mol. The van der Waals surface area contributed by atoms with Crippen LogP contribution >= 0.6 is 0 Å². The first kappa shape index (κ1) is 11.4. The maximum atomic E-state index is 6.44. The third-order valence-corrected chi connectivity index (χ3v) is 4.51. The Morgan fingerprint density at radius 3 is 2.33 bits per heavy atom. The quantitative estimate of drug-likeness (QED) is 0.772. The zero-order valence-electron chi connectivity index (χ0n) is 10.2. The normalized spacial score (nSPS) is 26.6. The lowest BCUT2D eigenvalue weighted by Crippen LogP contribution is -2.46. The van der Waals surface area contributed by atoms with E-state index in [1.807, 2.05) is 0 Å². The Balaban J connectivity index is 1.70. The minimum atomic E-state index is 0.177. The first-order chi connectivity index (χ1) is 7.20. The second-order valence-electron chi connectivity index (χ2n) is 5.74. The number of hydrogen-bond acceptors (Lipinski definition) is 2. The van der Waals surface area contributed by atoms with Gasteiger partial charge in [-0.2, -0.15) is 0 Å². The van der Waals surface area contributed by atoms with Crippen molar-refractivity contribution in [2.24, 2.45) is 5.73 Å². The maximum Gasteiger partial charge on any atom is 0.0166 e. The Bertz CT molecular complexity index is 193. The molecular formula is C13H26N2. The molecule has 2 nitrogen and oxygen atoms in total. The minimum absolute atomic E-state index is 0.177. The molecule has 2 fully saturated rings. The molecule has 15 heavy (non-hydrogen) atoms. The number of nitrogens with two attached hydrogens (primary N) is 1. The predicted molar refractivity (Wildman–Crippen MR) is 64.9 cm³/mol. The summed E-state index contributed by atoms with van der Waals surface area (Å²) in [5.74, 6) is 0. The summed E-state index contributed by atoms with van der Waals surface area (Å²) in [6.45, 7) is 1.21. The summed E-state index contributed by atoms with van der Waals surface area (Å²) in [5.41, 5.74) is 6.62. The Hall–Kier alpha value is -0.0800. The van der Waals surface area contributed by atoms with E-state index < -0.39 is 0 Å². The van der Waals surface area contributed by atoms with Crippen LogP contribution < -0.4 is 5.73 Å². The van der Waals surface area contributed by atoms with Crippen LogP contribution in [0.3, 0.4) is 0 Å². The summed E-state index contributed by atoms with van der Waals surface area (Å²) in [5, 5.41) is 0. The Morgan fingerprint density at radius 2 is 1.80 bits per heavy atom. The molecule has 88 valence electrons. The van der Waals surface area contributed by atoms with Gasteiger partial charge in [0.15, 0.2) is 0 Å². The Labute approximate surface area is 94.2 Å². The smallest absolute Gasteiger partial charge is 0.0166 e. The Morgan fingerprint density at radius 1 is 1.13 bits per heavy atom. The van der Waals surface area contributed by atoms with Gasteiger partial charge in [-0.3, -0.25) is 0 Å². The van der Waals surface area contributed by atoms with Crippen molar-refractivity contribution in [3.8, 4) is 0 Å². The fraction of sp³-hybridized carbons (Fsp3) is 1.00. The van der Waals surface area contributed by atoms with Crippen LogP contribution in [0.2, 0.25) is 0 Å².